The largest absolute Gasteiger partial charge is 0.350 e. The van der Waals surface area contributed by atoms with Crippen molar-refractivity contribution in [2.45, 2.75) is 18.9 Å². The van der Waals surface area contributed by atoms with Crippen molar-refractivity contribution in [2.75, 3.05) is 18.9 Å². The predicted molar refractivity (Wildman–Crippen MR) is 100 cm³/mol. The van der Waals surface area contributed by atoms with Gasteiger partial charge >= 0.3 is 0 Å². The van der Waals surface area contributed by atoms with Gasteiger partial charge in [0.05, 0.1) is 0 Å². The molecule has 4 aromatic rings. The van der Waals surface area contributed by atoms with Crippen LogP contribution in [0.3, 0.4) is 0 Å². The Balaban J connectivity index is 1.43. The molecule has 27 heavy (non-hydrogen) atoms. The van der Waals surface area contributed by atoms with E-state index in [-0.39, 0.29) is 11.9 Å². The number of nitrogens with one attached hydrogen (secondary N) is 2. The van der Waals surface area contributed by atoms with Crippen LogP contribution in [0.1, 0.15) is 12.8 Å². The maximum absolute atomic E-state index is 11.6. The number of carbonyl (C=O) groups is 1. The van der Waals surface area contributed by atoms with E-state index in [9.17, 15) is 4.79 Å². The normalized spacial score (nSPS) is 17.7. The molecule has 1 aliphatic heterocycles. The summed E-state index contributed by atoms with van der Waals surface area (Å²) in [5.41, 5.74) is 2.71. The highest BCUT2D eigenvalue weighted by Crippen LogP contribution is 2.27. The van der Waals surface area contributed by atoms with E-state index in [1.807, 2.05) is 36.2 Å². The average molecular weight is 362 g/mol. The Kier molecular flexibility index (Phi) is 3.52. The van der Waals surface area contributed by atoms with Crippen LogP contribution in [-0.4, -0.2) is 59.8 Å². The molecule has 0 radical (unpaired) electrons. The van der Waals surface area contributed by atoms with Crippen LogP contribution in [0.2, 0.25) is 0 Å². The number of nitrogens with zero attached hydrogens (tertiary/aromatic N) is 6. The van der Waals surface area contributed by atoms with E-state index in [4.69, 9.17) is 0 Å². The molecular formula is C18H18N8O. The molecule has 0 bridgehead atoms. The zero-order valence-electron chi connectivity index (χ0n) is 14.8. The van der Waals surface area contributed by atoms with Crippen molar-refractivity contribution in [3.63, 3.8) is 0 Å². The minimum atomic E-state index is 0.160. The highest BCUT2D eigenvalue weighted by molar-refractivity contribution is 5.93. The third kappa shape index (κ3) is 2.77. The minimum Gasteiger partial charge on any atom is -0.350 e. The van der Waals surface area contributed by atoms with Gasteiger partial charge < -0.3 is 15.2 Å². The highest BCUT2D eigenvalue weighted by atomic mass is 16.2. The molecule has 4 aromatic heterocycles. The van der Waals surface area contributed by atoms with E-state index in [0.29, 0.717) is 24.7 Å². The van der Waals surface area contributed by atoms with Gasteiger partial charge in [-0.3, -0.25) is 9.20 Å². The van der Waals surface area contributed by atoms with Crippen molar-refractivity contribution in [1.82, 2.24) is 34.2 Å². The lowest BCUT2D eigenvalue weighted by Crippen LogP contribution is -2.43. The van der Waals surface area contributed by atoms with Crippen LogP contribution in [0.5, 0.6) is 0 Å². The second-order valence-electron chi connectivity index (χ2n) is 6.79. The average Bonchev–Trinajstić information content (AvgIpc) is 3.30. The Labute approximate surface area is 154 Å². The Hall–Kier alpha value is -3.49. The topological polar surface area (TPSA) is 104 Å². The lowest BCUT2D eigenvalue weighted by atomic mass is 10.1. The maximum atomic E-state index is 11.6. The molecule has 1 unspecified atom stereocenters. The smallest absolute Gasteiger partial charge is 0.233 e. The number of likely N-dealkylation sites (N-methyl/N-ethyl adjacent to an activating group) is 1. The van der Waals surface area contributed by atoms with Crippen LogP contribution in [0, 0.1) is 0 Å². The summed E-state index contributed by atoms with van der Waals surface area (Å²) in [5, 5.41) is 4.26. The fraction of sp³-hybridized carbons (Fsp3) is 0.278. The second-order valence-corrected chi connectivity index (χ2v) is 6.79. The number of amides is 1. The summed E-state index contributed by atoms with van der Waals surface area (Å²) >= 11 is 0. The Morgan fingerprint density at radius 2 is 2.19 bits per heavy atom. The first-order valence-electron chi connectivity index (χ1n) is 8.81. The molecule has 9 heteroatoms. The molecule has 1 aliphatic rings. The lowest BCUT2D eigenvalue weighted by molar-refractivity contribution is -0.132. The number of H-pyrrole nitrogens is 1. The number of fused-ring (bicyclic) bond motifs is 2. The molecule has 136 valence electrons. The summed E-state index contributed by atoms with van der Waals surface area (Å²) in [5.74, 6) is 1.41. The molecule has 0 aromatic carbocycles. The Morgan fingerprint density at radius 1 is 1.26 bits per heavy atom. The molecule has 0 aliphatic carbocycles. The minimum absolute atomic E-state index is 0.160. The van der Waals surface area contributed by atoms with Gasteiger partial charge in [-0.1, -0.05) is 0 Å². The van der Waals surface area contributed by atoms with Crippen LogP contribution in [0.25, 0.3) is 27.9 Å². The van der Waals surface area contributed by atoms with Crippen molar-refractivity contribution in [1.29, 1.82) is 0 Å². The number of aromatic amines is 1. The van der Waals surface area contributed by atoms with Crippen molar-refractivity contribution >= 4 is 28.7 Å². The zero-order valence-corrected chi connectivity index (χ0v) is 14.8. The van der Waals surface area contributed by atoms with Crippen molar-refractivity contribution in [2.24, 2.45) is 0 Å². The molecule has 2 N–H and O–H groups in total. The monoisotopic (exact) mass is 362 g/mol. The highest BCUT2D eigenvalue weighted by Gasteiger charge is 2.23. The van der Waals surface area contributed by atoms with Crippen LogP contribution in [0.4, 0.5) is 5.95 Å². The van der Waals surface area contributed by atoms with Gasteiger partial charge in [0, 0.05) is 79.7 Å². The van der Waals surface area contributed by atoms with E-state index < -0.39 is 0 Å². The van der Waals surface area contributed by atoms with Gasteiger partial charge in [0.2, 0.25) is 17.6 Å². The van der Waals surface area contributed by atoms with E-state index in [0.717, 1.165) is 28.6 Å². The van der Waals surface area contributed by atoms with Crippen LogP contribution in [0.15, 0.2) is 37.2 Å². The van der Waals surface area contributed by atoms with Crippen LogP contribution in [-0.2, 0) is 4.79 Å². The van der Waals surface area contributed by atoms with Gasteiger partial charge in [-0.25, -0.2) is 15.0 Å². The van der Waals surface area contributed by atoms with Gasteiger partial charge in [0.1, 0.15) is 5.65 Å². The quantitative estimate of drug-likeness (QED) is 0.575. The number of aromatic nitrogens is 6. The Morgan fingerprint density at radius 3 is 3.07 bits per heavy atom. The van der Waals surface area contributed by atoms with E-state index >= 15 is 0 Å². The number of piperidine rings is 1. The van der Waals surface area contributed by atoms with Gasteiger partial charge in [0.15, 0.2) is 0 Å². The van der Waals surface area contributed by atoms with E-state index in [1.54, 1.807) is 17.3 Å². The molecule has 1 atom stereocenters. The van der Waals surface area contributed by atoms with Crippen molar-refractivity contribution < 1.29 is 4.79 Å². The number of likely N-dealkylation sites (tertiary alicyclic amines) is 1. The molecule has 1 saturated heterocycles. The number of rotatable bonds is 3. The number of imidazole rings is 1. The molecule has 5 rings (SSSR count). The summed E-state index contributed by atoms with van der Waals surface area (Å²) in [6, 6.07) is 0.160. The molecule has 0 saturated carbocycles. The van der Waals surface area contributed by atoms with Crippen LogP contribution < -0.4 is 5.32 Å². The standard InChI is InChI=1S/C18H18N8O/c1-25-10-12(2-3-15(25)27)23-17-21-8-14-13(7-20-16(14)24-17)11-6-22-18-19-4-5-26(18)9-11/h4-9,12H,2-3,10H2,1H3,(H2,20,21,23,24). The summed E-state index contributed by atoms with van der Waals surface area (Å²) in [6.07, 6.45) is 12.4. The third-order valence-corrected chi connectivity index (χ3v) is 4.95. The zero-order chi connectivity index (χ0) is 18.4. The number of anilines is 1. The summed E-state index contributed by atoms with van der Waals surface area (Å²) in [4.78, 5) is 34.2. The van der Waals surface area contributed by atoms with Crippen molar-refractivity contribution in [3.05, 3.63) is 37.2 Å². The first-order chi connectivity index (χ1) is 13.2. The number of carbonyl (C=O) groups excluding carboxylic acids is 1. The summed E-state index contributed by atoms with van der Waals surface area (Å²) in [6.45, 7) is 0.660. The van der Waals surface area contributed by atoms with Gasteiger partial charge in [-0.15, -0.1) is 0 Å². The van der Waals surface area contributed by atoms with E-state index in [1.165, 1.54) is 0 Å². The van der Waals surface area contributed by atoms with Gasteiger partial charge in [-0.05, 0) is 6.42 Å². The first-order valence-corrected chi connectivity index (χ1v) is 8.81. The van der Waals surface area contributed by atoms with Crippen LogP contribution >= 0.6 is 0 Å². The summed E-state index contributed by atoms with van der Waals surface area (Å²) in [7, 11) is 1.82. The first kappa shape index (κ1) is 15.7. The predicted octanol–water partition coefficient (Wildman–Crippen LogP) is 1.70. The fourth-order valence-corrected chi connectivity index (χ4v) is 3.48. The molecule has 5 heterocycles. The number of hydrogen-bond acceptors (Lipinski definition) is 6. The SMILES string of the molecule is CN1CC(Nc2ncc3c(-c4cnc5nccn5c4)c[nH]c3n2)CCC1=O. The number of hydrogen-bond donors (Lipinski definition) is 2. The second kappa shape index (κ2) is 6.04. The van der Waals surface area contributed by atoms with Gasteiger partial charge in [-0.2, -0.15) is 4.98 Å². The third-order valence-electron chi connectivity index (χ3n) is 4.95. The molecular weight excluding hydrogens is 344 g/mol. The summed E-state index contributed by atoms with van der Waals surface area (Å²) < 4.78 is 1.88. The molecule has 1 fully saturated rings. The molecule has 0 spiro atoms. The van der Waals surface area contributed by atoms with Crippen molar-refractivity contribution in [3.8, 4) is 11.1 Å². The van der Waals surface area contributed by atoms with E-state index in [2.05, 4.69) is 30.2 Å². The molecule has 1 amide bonds. The molecule has 9 nitrogen and oxygen atoms in total. The maximum Gasteiger partial charge on any atom is 0.233 e. The Bertz CT molecular complexity index is 1150. The lowest BCUT2D eigenvalue weighted by Gasteiger charge is -2.30. The fourth-order valence-electron chi connectivity index (χ4n) is 3.48. The van der Waals surface area contributed by atoms with Gasteiger partial charge in [0.25, 0.3) is 0 Å².